The summed E-state index contributed by atoms with van der Waals surface area (Å²) < 4.78 is 2.91. The second-order valence-electron chi connectivity index (χ2n) is 9.77. The van der Waals surface area contributed by atoms with Crippen LogP contribution in [0.3, 0.4) is 0 Å². The first kappa shape index (κ1) is 27.6. The lowest BCUT2D eigenvalue weighted by Gasteiger charge is -2.28. The lowest BCUT2D eigenvalue weighted by Crippen LogP contribution is -2.30. The Bertz CT molecular complexity index is 1560. The second-order valence-corrected chi connectivity index (χ2v) is 11.1. The van der Waals surface area contributed by atoms with Gasteiger partial charge >= 0.3 is 0 Å². The Hall–Kier alpha value is -3.93. The van der Waals surface area contributed by atoms with Gasteiger partial charge in [0.2, 0.25) is 5.91 Å². The molecule has 0 aliphatic heterocycles. The van der Waals surface area contributed by atoms with E-state index in [1.54, 1.807) is 11.0 Å². The summed E-state index contributed by atoms with van der Waals surface area (Å²) in [7, 11) is 1.83. The zero-order valence-electron chi connectivity index (χ0n) is 22.3. The molecule has 5 aromatic rings. The van der Waals surface area contributed by atoms with Crippen molar-refractivity contribution in [3.63, 3.8) is 0 Å². The highest BCUT2D eigenvalue weighted by Gasteiger charge is 2.22. The average molecular weight is 611 g/mol. The molecule has 6 heteroatoms. The first-order valence-electron chi connectivity index (χ1n) is 13.0. The van der Waals surface area contributed by atoms with Gasteiger partial charge in [-0.1, -0.05) is 112 Å². The number of benzene rings is 4. The van der Waals surface area contributed by atoms with Crippen molar-refractivity contribution in [1.82, 2.24) is 14.7 Å². The Labute approximate surface area is 248 Å². The summed E-state index contributed by atoms with van der Waals surface area (Å²) in [6.45, 7) is 2.71. The predicted octanol–water partition coefficient (Wildman–Crippen LogP) is 8.58. The Morgan fingerprint density at radius 2 is 1.55 bits per heavy atom. The molecule has 1 unspecified atom stereocenters. The number of aromatic nitrogens is 2. The highest BCUT2D eigenvalue weighted by molar-refractivity contribution is 9.10. The summed E-state index contributed by atoms with van der Waals surface area (Å²) in [5.41, 5.74) is 7.05. The zero-order valence-corrected chi connectivity index (χ0v) is 24.7. The Balaban J connectivity index is 1.46. The van der Waals surface area contributed by atoms with Crippen molar-refractivity contribution in [3.05, 3.63) is 153 Å². The van der Waals surface area contributed by atoms with Gasteiger partial charge in [0, 0.05) is 39.9 Å². The molecule has 4 aromatic carbocycles. The number of aryl methyl sites for hydroxylation is 1. The minimum atomic E-state index is -0.278. The van der Waals surface area contributed by atoms with Crippen molar-refractivity contribution in [2.24, 2.45) is 0 Å². The van der Waals surface area contributed by atoms with Crippen LogP contribution in [0.15, 0.2) is 120 Å². The molecule has 0 spiro atoms. The van der Waals surface area contributed by atoms with Crippen LogP contribution >= 0.6 is 27.5 Å². The Morgan fingerprint density at radius 1 is 0.925 bits per heavy atom. The molecule has 40 heavy (non-hydrogen) atoms. The zero-order chi connectivity index (χ0) is 28.1. The first-order valence-corrected chi connectivity index (χ1v) is 14.2. The number of carbonyl (C=O) groups excluding carboxylic acids is 1. The number of rotatable bonds is 8. The van der Waals surface area contributed by atoms with Gasteiger partial charge in [-0.05, 0) is 54.0 Å². The van der Waals surface area contributed by atoms with Crippen LogP contribution in [0, 0.1) is 6.92 Å². The molecule has 1 aromatic heterocycles. The van der Waals surface area contributed by atoms with E-state index in [0.29, 0.717) is 11.6 Å². The lowest BCUT2D eigenvalue weighted by atomic mass is 9.97. The third kappa shape index (κ3) is 6.61. The van der Waals surface area contributed by atoms with E-state index >= 15 is 0 Å². The Kier molecular flexibility index (Phi) is 8.63. The summed E-state index contributed by atoms with van der Waals surface area (Å²) in [6.07, 6.45) is 5.49. The van der Waals surface area contributed by atoms with Crippen molar-refractivity contribution in [1.29, 1.82) is 0 Å². The van der Waals surface area contributed by atoms with E-state index in [0.717, 1.165) is 38.0 Å². The maximum Gasteiger partial charge on any atom is 0.247 e. The summed E-state index contributed by atoms with van der Waals surface area (Å²) >= 11 is 9.68. The van der Waals surface area contributed by atoms with Crippen molar-refractivity contribution in [2.45, 2.75) is 19.5 Å². The van der Waals surface area contributed by atoms with Gasteiger partial charge in [-0.15, -0.1) is 0 Å². The lowest BCUT2D eigenvalue weighted by molar-refractivity contribution is -0.126. The SMILES string of the molecule is Cc1ccc(-c2nn(Cc3ccccc3)cc2/C=C/C(=O)N(C)C(c2ccc(Cl)cc2)c2ccc(Br)cc2)cc1. The molecule has 1 heterocycles. The second kappa shape index (κ2) is 12.5. The van der Waals surface area contributed by atoms with Crippen LogP contribution in [0.1, 0.15) is 33.9 Å². The van der Waals surface area contributed by atoms with Crippen LogP contribution in [0.4, 0.5) is 0 Å². The molecule has 0 aliphatic rings. The van der Waals surface area contributed by atoms with Crippen LogP contribution < -0.4 is 0 Å². The molecule has 0 aliphatic carbocycles. The molecule has 0 saturated heterocycles. The predicted molar refractivity (Wildman–Crippen MR) is 167 cm³/mol. The number of amides is 1. The molecular weight excluding hydrogens is 582 g/mol. The summed E-state index contributed by atoms with van der Waals surface area (Å²) in [5.74, 6) is -0.117. The van der Waals surface area contributed by atoms with E-state index in [1.807, 2.05) is 90.7 Å². The summed E-state index contributed by atoms with van der Waals surface area (Å²) in [4.78, 5) is 15.4. The van der Waals surface area contributed by atoms with Crippen molar-refractivity contribution in [3.8, 4) is 11.3 Å². The average Bonchev–Trinajstić information content (AvgIpc) is 3.37. The number of carbonyl (C=O) groups is 1. The molecule has 1 atom stereocenters. The van der Waals surface area contributed by atoms with E-state index in [4.69, 9.17) is 16.7 Å². The van der Waals surface area contributed by atoms with Crippen LogP contribution in [-0.2, 0) is 11.3 Å². The van der Waals surface area contributed by atoms with Crippen LogP contribution in [0.25, 0.3) is 17.3 Å². The molecule has 0 radical (unpaired) electrons. The van der Waals surface area contributed by atoms with Crippen LogP contribution in [-0.4, -0.2) is 27.6 Å². The van der Waals surface area contributed by atoms with Gasteiger partial charge in [0.1, 0.15) is 0 Å². The molecule has 0 bridgehead atoms. The largest absolute Gasteiger partial charge is 0.331 e. The summed E-state index contributed by atoms with van der Waals surface area (Å²) in [6, 6.07) is 33.9. The minimum Gasteiger partial charge on any atom is -0.331 e. The maximum absolute atomic E-state index is 13.6. The van der Waals surface area contributed by atoms with Gasteiger partial charge in [-0.3, -0.25) is 9.48 Å². The highest BCUT2D eigenvalue weighted by atomic mass is 79.9. The molecular formula is C34H29BrClN3O. The topological polar surface area (TPSA) is 38.1 Å². The van der Waals surface area contributed by atoms with Crippen molar-refractivity contribution >= 4 is 39.5 Å². The minimum absolute atomic E-state index is 0.117. The number of likely N-dealkylation sites (N-methyl/N-ethyl adjacent to an activating group) is 1. The van der Waals surface area contributed by atoms with Gasteiger partial charge in [0.15, 0.2) is 0 Å². The van der Waals surface area contributed by atoms with Gasteiger partial charge in [-0.2, -0.15) is 5.10 Å². The smallest absolute Gasteiger partial charge is 0.247 e. The molecule has 0 saturated carbocycles. The number of hydrogen-bond donors (Lipinski definition) is 0. The fraction of sp³-hybridized carbons (Fsp3) is 0.118. The monoisotopic (exact) mass is 609 g/mol. The Morgan fingerprint density at radius 3 is 2.20 bits per heavy atom. The number of hydrogen-bond acceptors (Lipinski definition) is 2. The van der Waals surface area contributed by atoms with Crippen LogP contribution in [0.2, 0.25) is 5.02 Å². The molecule has 0 N–H and O–H groups in total. The van der Waals surface area contributed by atoms with Crippen molar-refractivity contribution in [2.75, 3.05) is 7.05 Å². The van der Waals surface area contributed by atoms with Gasteiger partial charge in [0.25, 0.3) is 0 Å². The van der Waals surface area contributed by atoms with E-state index in [1.165, 1.54) is 5.56 Å². The van der Waals surface area contributed by atoms with Crippen molar-refractivity contribution < 1.29 is 4.79 Å². The fourth-order valence-electron chi connectivity index (χ4n) is 4.68. The van der Waals surface area contributed by atoms with Crippen LogP contribution in [0.5, 0.6) is 0 Å². The third-order valence-corrected chi connectivity index (χ3v) is 7.59. The van der Waals surface area contributed by atoms with Gasteiger partial charge in [0.05, 0.1) is 18.3 Å². The molecule has 0 fully saturated rings. The first-order chi connectivity index (χ1) is 19.4. The molecule has 4 nitrogen and oxygen atoms in total. The fourth-order valence-corrected chi connectivity index (χ4v) is 5.07. The van der Waals surface area contributed by atoms with E-state index in [-0.39, 0.29) is 11.9 Å². The molecule has 5 rings (SSSR count). The number of nitrogens with zero attached hydrogens (tertiary/aromatic N) is 3. The van der Waals surface area contributed by atoms with E-state index in [2.05, 4.69) is 59.3 Å². The van der Waals surface area contributed by atoms with Gasteiger partial charge in [-0.25, -0.2) is 0 Å². The third-order valence-electron chi connectivity index (χ3n) is 6.81. The maximum atomic E-state index is 13.6. The van der Waals surface area contributed by atoms with Gasteiger partial charge < -0.3 is 4.90 Å². The van der Waals surface area contributed by atoms with E-state index < -0.39 is 0 Å². The molecule has 200 valence electrons. The standard InChI is InChI=1S/C34H29BrClN3O/c1-24-8-10-26(11-9-24)33-29(23-39(37-33)22-25-6-4-3-5-7-25)16-21-32(40)38(2)34(27-12-17-30(35)18-13-27)28-14-19-31(36)20-15-28/h3-21,23,34H,22H2,1-2H3/b21-16+. The quantitative estimate of drug-likeness (QED) is 0.165. The highest BCUT2D eigenvalue weighted by Crippen LogP contribution is 2.30. The number of halogens is 2. The molecule has 1 amide bonds. The van der Waals surface area contributed by atoms with E-state index in [9.17, 15) is 4.79 Å². The summed E-state index contributed by atoms with van der Waals surface area (Å²) in [5, 5.41) is 5.55. The normalized spacial score (nSPS) is 12.0.